The lowest BCUT2D eigenvalue weighted by Gasteiger charge is -2.11. The zero-order valence-electron chi connectivity index (χ0n) is 9.04. The van der Waals surface area contributed by atoms with E-state index in [-0.39, 0.29) is 12.2 Å². The van der Waals surface area contributed by atoms with Crippen molar-refractivity contribution in [2.75, 3.05) is 12.8 Å². The van der Waals surface area contributed by atoms with Gasteiger partial charge in [-0.1, -0.05) is 15.9 Å². The molecule has 7 heteroatoms. The van der Waals surface area contributed by atoms with E-state index in [1.807, 2.05) is 0 Å². The molecule has 0 fully saturated rings. The van der Waals surface area contributed by atoms with Crippen molar-refractivity contribution in [2.24, 2.45) is 0 Å². The molecular weight excluding hydrogens is 298 g/mol. The second kappa shape index (κ2) is 5.90. The van der Waals surface area contributed by atoms with Crippen LogP contribution in [0.2, 0.25) is 0 Å². The summed E-state index contributed by atoms with van der Waals surface area (Å²) in [4.78, 5) is 14.7. The van der Waals surface area contributed by atoms with Gasteiger partial charge >= 0.3 is 5.97 Å². The van der Waals surface area contributed by atoms with Crippen molar-refractivity contribution < 1.29 is 18.3 Å². The molecule has 2 N–H and O–H groups in total. The summed E-state index contributed by atoms with van der Waals surface area (Å²) in [5, 5.41) is 0.335. The number of ether oxygens (including phenoxy) is 1. The van der Waals surface area contributed by atoms with Gasteiger partial charge in [0.15, 0.2) is 0 Å². The van der Waals surface area contributed by atoms with E-state index in [0.29, 0.717) is 16.5 Å². The standard InChI is InChI=1S/C10H11BrF2N2O2/c1-17-8(16)3-5-2-7(9(12)13)15-10(14)6(5)4-11/h2,9H,3-4H2,1H3,(H2,14,15). The van der Waals surface area contributed by atoms with Gasteiger partial charge in [-0.15, -0.1) is 0 Å². The minimum absolute atomic E-state index is 0.00132. The van der Waals surface area contributed by atoms with Gasteiger partial charge in [-0.05, 0) is 11.6 Å². The number of nitrogen functional groups attached to an aromatic ring is 1. The first-order valence-electron chi connectivity index (χ1n) is 4.68. The third-order valence-electron chi connectivity index (χ3n) is 2.19. The molecule has 0 saturated carbocycles. The van der Waals surface area contributed by atoms with Gasteiger partial charge in [0.05, 0.1) is 13.5 Å². The van der Waals surface area contributed by atoms with Gasteiger partial charge in [0.1, 0.15) is 11.5 Å². The summed E-state index contributed by atoms with van der Waals surface area (Å²) in [6.07, 6.45) is -2.83. The fraction of sp³-hybridized carbons (Fsp3) is 0.400. The quantitative estimate of drug-likeness (QED) is 0.684. The van der Waals surface area contributed by atoms with Gasteiger partial charge in [0.25, 0.3) is 6.43 Å². The van der Waals surface area contributed by atoms with E-state index in [9.17, 15) is 13.6 Å². The minimum atomic E-state index is -2.72. The summed E-state index contributed by atoms with van der Waals surface area (Å²) in [6, 6.07) is 1.18. The summed E-state index contributed by atoms with van der Waals surface area (Å²) in [5.41, 5.74) is 6.05. The van der Waals surface area contributed by atoms with E-state index in [4.69, 9.17) is 5.73 Å². The number of anilines is 1. The SMILES string of the molecule is COC(=O)Cc1cc(C(F)F)nc(N)c1CBr. The molecule has 1 aromatic rings. The Morgan fingerprint density at radius 3 is 2.76 bits per heavy atom. The number of nitrogens with two attached hydrogens (primary N) is 1. The van der Waals surface area contributed by atoms with E-state index in [1.165, 1.54) is 13.2 Å². The molecule has 0 aliphatic carbocycles. The van der Waals surface area contributed by atoms with Crippen LogP contribution in [-0.2, 0) is 21.3 Å². The molecule has 0 aromatic carbocycles. The molecule has 0 aliphatic heterocycles. The molecule has 0 aliphatic rings. The highest BCUT2D eigenvalue weighted by atomic mass is 79.9. The molecule has 0 radical (unpaired) electrons. The van der Waals surface area contributed by atoms with Crippen LogP contribution < -0.4 is 5.73 Å². The Labute approximate surface area is 105 Å². The number of carbonyl (C=O) groups excluding carboxylic acids is 1. The average Bonchev–Trinajstić information content (AvgIpc) is 2.28. The van der Waals surface area contributed by atoms with Crippen molar-refractivity contribution in [3.8, 4) is 0 Å². The number of hydrogen-bond acceptors (Lipinski definition) is 4. The van der Waals surface area contributed by atoms with Gasteiger partial charge in [0, 0.05) is 10.9 Å². The molecule has 0 spiro atoms. The van der Waals surface area contributed by atoms with Crippen LogP contribution in [0, 0.1) is 0 Å². The highest BCUT2D eigenvalue weighted by Crippen LogP contribution is 2.25. The number of hydrogen-bond donors (Lipinski definition) is 1. The summed E-state index contributed by atoms with van der Waals surface area (Å²) in [7, 11) is 1.23. The van der Waals surface area contributed by atoms with E-state index in [0.717, 1.165) is 0 Å². The lowest BCUT2D eigenvalue weighted by Crippen LogP contribution is -2.10. The van der Waals surface area contributed by atoms with E-state index < -0.39 is 18.1 Å². The summed E-state index contributed by atoms with van der Waals surface area (Å²) in [5.74, 6) is -0.517. The average molecular weight is 309 g/mol. The molecule has 0 saturated heterocycles. The maximum absolute atomic E-state index is 12.5. The van der Waals surface area contributed by atoms with Gasteiger partial charge in [-0.25, -0.2) is 13.8 Å². The summed E-state index contributed by atoms with van der Waals surface area (Å²) < 4.78 is 29.6. The van der Waals surface area contributed by atoms with Crippen molar-refractivity contribution in [3.63, 3.8) is 0 Å². The zero-order valence-corrected chi connectivity index (χ0v) is 10.6. The van der Waals surface area contributed by atoms with E-state index in [2.05, 4.69) is 25.7 Å². The summed E-state index contributed by atoms with van der Waals surface area (Å²) >= 11 is 3.17. The largest absolute Gasteiger partial charge is 0.469 e. The predicted octanol–water partition coefficient (Wildman–Crippen LogP) is 2.21. The lowest BCUT2D eigenvalue weighted by molar-refractivity contribution is -0.139. The predicted molar refractivity (Wildman–Crippen MR) is 62.0 cm³/mol. The zero-order chi connectivity index (χ0) is 13.0. The van der Waals surface area contributed by atoms with Crippen molar-refractivity contribution >= 4 is 27.7 Å². The third-order valence-corrected chi connectivity index (χ3v) is 2.75. The molecule has 1 rings (SSSR count). The molecule has 1 aromatic heterocycles. The summed E-state index contributed by atoms with van der Waals surface area (Å²) in [6.45, 7) is 0. The number of nitrogens with zero attached hydrogens (tertiary/aromatic N) is 1. The number of rotatable bonds is 4. The van der Waals surface area contributed by atoms with Crippen LogP contribution in [0.1, 0.15) is 23.2 Å². The fourth-order valence-corrected chi connectivity index (χ4v) is 1.97. The molecule has 0 unspecified atom stereocenters. The number of pyridine rings is 1. The first-order chi connectivity index (χ1) is 7.99. The van der Waals surface area contributed by atoms with Crippen molar-refractivity contribution in [1.82, 2.24) is 4.98 Å². The van der Waals surface area contributed by atoms with Crippen LogP contribution in [0.15, 0.2) is 6.07 Å². The fourth-order valence-electron chi connectivity index (χ4n) is 1.32. The Balaban J connectivity index is 3.19. The lowest BCUT2D eigenvalue weighted by atomic mass is 10.1. The maximum atomic E-state index is 12.5. The topological polar surface area (TPSA) is 65.2 Å². The number of aromatic nitrogens is 1. The van der Waals surface area contributed by atoms with Crippen LogP contribution >= 0.6 is 15.9 Å². The van der Waals surface area contributed by atoms with Gasteiger partial charge in [0.2, 0.25) is 0 Å². The number of halogens is 3. The second-order valence-corrected chi connectivity index (χ2v) is 3.82. The Hall–Kier alpha value is -1.24. The minimum Gasteiger partial charge on any atom is -0.469 e. The van der Waals surface area contributed by atoms with Crippen LogP contribution in [0.4, 0.5) is 14.6 Å². The Morgan fingerprint density at radius 1 is 1.65 bits per heavy atom. The van der Waals surface area contributed by atoms with Crippen molar-refractivity contribution in [2.45, 2.75) is 18.2 Å². The molecule has 1 heterocycles. The van der Waals surface area contributed by atoms with E-state index >= 15 is 0 Å². The number of carbonyl (C=O) groups is 1. The first kappa shape index (κ1) is 13.8. The van der Waals surface area contributed by atoms with Crippen molar-refractivity contribution in [3.05, 3.63) is 22.9 Å². The monoisotopic (exact) mass is 308 g/mol. The molecule has 17 heavy (non-hydrogen) atoms. The number of methoxy groups -OCH3 is 1. The smallest absolute Gasteiger partial charge is 0.309 e. The third kappa shape index (κ3) is 3.36. The molecule has 0 atom stereocenters. The van der Waals surface area contributed by atoms with E-state index in [1.54, 1.807) is 0 Å². The Kier molecular flexibility index (Phi) is 4.80. The number of alkyl halides is 3. The van der Waals surface area contributed by atoms with Crippen molar-refractivity contribution in [1.29, 1.82) is 0 Å². The molecular formula is C10H11BrF2N2O2. The van der Waals surface area contributed by atoms with Crippen LogP contribution in [0.25, 0.3) is 0 Å². The number of esters is 1. The van der Waals surface area contributed by atoms with Gasteiger partial charge < -0.3 is 10.5 Å². The maximum Gasteiger partial charge on any atom is 0.309 e. The van der Waals surface area contributed by atoms with Crippen LogP contribution in [0.5, 0.6) is 0 Å². The Bertz CT molecular complexity index is 427. The highest BCUT2D eigenvalue weighted by Gasteiger charge is 2.17. The molecule has 4 nitrogen and oxygen atoms in total. The Morgan fingerprint density at radius 2 is 2.29 bits per heavy atom. The molecule has 0 amide bonds. The second-order valence-electron chi connectivity index (χ2n) is 3.26. The normalized spacial score (nSPS) is 10.6. The van der Waals surface area contributed by atoms with Gasteiger partial charge in [-0.2, -0.15) is 0 Å². The first-order valence-corrected chi connectivity index (χ1v) is 5.80. The molecule has 0 bridgehead atoms. The van der Waals surface area contributed by atoms with Gasteiger partial charge in [-0.3, -0.25) is 4.79 Å². The van der Waals surface area contributed by atoms with Crippen LogP contribution in [-0.4, -0.2) is 18.1 Å². The van der Waals surface area contributed by atoms with Crippen LogP contribution in [0.3, 0.4) is 0 Å². The molecule has 94 valence electrons. The highest BCUT2D eigenvalue weighted by molar-refractivity contribution is 9.08.